The lowest BCUT2D eigenvalue weighted by molar-refractivity contribution is 0.127. The fraction of sp³-hybridized carbons (Fsp3) is 0.571. The first-order valence-corrected chi connectivity index (χ1v) is 7.22. The molecule has 4 heteroatoms. The Kier molecular flexibility index (Phi) is 4.54. The first-order valence-electron chi connectivity index (χ1n) is 6.34. The molecule has 1 aromatic carbocycles. The van der Waals surface area contributed by atoms with Gasteiger partial charge in [0.1, 0.15) is 5.75 Å². The van der Waals surface area contributed by atoms with Gasteiger partial charge in [-0.2, -0.15) is 0 Å². The largest absolute Gasteiger partial charge is 0.496 e. The Bertz CT molecular complexity index is 409. The first kappa shape index (κ1) is 13.7. The van der Waals surface area contributed by atoms with Crippen molar-refractivity contribution in [1.82, 2.24) is 0 Å². The van der Waals surface area contributed by atoms with Gasteiger partial charge in [0.15, 0.2) is 0 Å². The second-order valence-corrected chi connectivity index (χ2v) is 5.96. The van der Waals surface area contributed by atoms with Crippen LogP contribution in [-0.2, 0) is 4.74 Å². The van der Waals surface area contributed by atoms with Crippen molar-refractivity contribution >= 4 is 11.8 Å². The van der Waals surface area contributed by atoms with E-state index >= 15 is 0 Å². The van der Waals surface area contributed by atoms with Crippen LogP contribution in [0.3, 0.4) is 0 Å². The summed E-state index contributed by atoms with van der Waals surface area (Å²) in [5, 5.41) is 0.509. The lowest BCUT2D eigenvalue weighted by atomic mass is 10.1. The summed E-state index contributed by atoms with van der Waals surface area (Å²) in [6, 6.07) is 6.09. The number of nitrogens with two attached hydrogens (primary N) is 1. The highest BCUT2D eigenvalue weighted by atomic mass is 32.2. The van der Waals surface area contributed by atoms with Crippen LogP contribution < -0.4 is 10.5 Å². The van der Waals surface area contributed by atoms with Gasteiger partial charge in [-0.05, 0) is 32.4 Å². The molecule has 1 saturated heterocycles. The minimum atomic E-state index is -0.0266. The molecule has 2 rings (SSSR count). The lowest BCUT2D eigenvalue weighted by Crippen LogP contribution is -2.15. The molecule has 0 saturated carbocycles. The van der Waals surface area contributed by atoms with E-state index < -0.39 is 0 Å². The fourth-order valence-electron chi connectivity index (χ4n) is 2.28. The highest BCUT2D eigenvalue weighted by molar-refractivity contribution is 8.00. The molecule has 1 aliphatic heterocycles. The molecule has 3 nitrogen and oxygen atoms in total. The molecule has 0 bridgehead atoms. The highest BCUT2D eigenvalue weighted by Crippen LogP contribution is 2.39. The molecule has 2 N–H and O–H groups in total. The third-order valence-corrected chi connectivity index (χ3v) is 4.82. The number of methoxy groups -OCH3 is 1. The molecule has 0 aliphatic carbocycles. The van der Waals surface area contributed by atoms with Gasteiger partial charge in [-0.25, -0.2) is 0 Å². The molecule has 1 aliphatic rings. The zero-order valence-corrected chi connectivity index (χ0v) is 12.0. The Hall–Kier alpha value is -0.710. The van der Waals surface area contributed by atoms with Gasteiger partial charge in [-0.3, -0.25) is 0 Å². The molecule has 2 unspecified atom stereocenters. The van der Waals surface area contributed by atoms with E-state index in [9.17, 15) is 0 Å². The second kappa shape index (κ2) is 5.95. The molecule has 1 aromatic rings. The molecule has 0 aromatic heterocycles. The number of hydrogen-bond donors (Lipinski definition) is 1. The van der Waals surface area contributed by atoms with E-state index in [1.807, 2.05) is 30.8 Å². The second-order valence-electron chi connectivity index (χ2n) is 4.68. The fourth-order valence-corrected chi connectivity index (χ4v) is 3.66. The van der Waals surface area contributed by atoms with Gasteiger partial charge in [0.25, 0.3) is 0 Å². The van der Waals surface area contributed by atoms with Crippen molar-refractivity contribution in [2.24, 2.45) is 5.73 Å². The molecule has 0 amide bonds. The minimum Gasteiger partial charge on any atom is -0.496 e. The third kappa shape index (κ3) is 2.82. The number of thioether (sulfide) groups is 1. The van der Waals surface area contributed by atoms with Crippen LogP contribution in [0.2, 0.25) is 0 Å². The van der Waals surface area contributed by atoms with Crippen molar-refractivity contribution < 1.29 is 9.47 Å². The maximum absolute atomic E-state index is 6.08. The summed E-state index contributed by atoms with van der Waals surface area (Å²) < 4.78 is 11.0. The zero-order valence-electron chi connectivity index (χ0n) is 11.2. The average Bonchev–Trinajstić information content (AvgIpc) is 2.74. The van der Waals surface area contributed by atoms with Gasteiger partial charge >= 0.3 is 0 Å². The normalized spacial score (nSPS) is 25.1. The van der Waals surface area contributed by atoms with E-state index in [2.05, 4.69) is 13.0 Å². The van der Waals surface area contributed by atoms with Crippen LogP contribution in [0.1, 0.15) is 31.9 Å². The van der Waals surface area contributed by atoms with Crippen LogP contribution >= 0.6 is 11.8 Å². The maximum atomic E-state index is 6.08. The van der Waals surface area contributed by atoms with Crippen molar-refractivity contribution in [2.75, 3.05) is 13.7 Å². The quantitative estimate of drug-likeness (QED) is 0.911. The van der Waals surface area contributed by atoms with Crippen molar-refractivity contribution in [3.63, 3.8) is 0 Å². The van der Waals surface area contributed by atoms with Crippen LogP contribution in [0.5, 0.6) is 5.75 Å². The van der Waals surface area contributed by atoms with Crippen LogP contribution in [-0.4, -0.2) is 25.1 Å². The van der Waals surface area contributed by atoms with Gasteiger partial charge in [-0.1, -0.05) is 6.07 Å². The van der Waals surface area contributed by atoms with Gasteiger partial charge in [0.2, 0.25) is 0 Å². The van der Waals surface area contributed by atoms with E-state index in [1.54, 1.807) is 7.11 Å². The Labute approximate surface area is 113 Å². The highest BCUT2D eigenvalue weighted by Gasteiger charge is 2.26. The minimum absolute atomic E-state index is 0.0266. The first-order chi connectivity index (χ1) is 8.63. The van der Waals surface area contributed by atoms with Gasteiger partial charge in [0.05, 0.1) is 13.2 Å². The molecule has 100 valence electrons. The summed E-state index contributed by atoms with van der Waals surface area (Å²) >= 11 is 1.86. The summed E-state index contributed by atoms with van der Waals surface area (Å²) in [6.45, 7) is 4.99. The predicted molar refractivity (Wildman–Crippen MR) is 75.3 cm³/mol. The van der Waals surface area contributed by atoms with Crippen molar-refractivity contribution in [1.29, 1.82) is 0 Å². The Morgan fingerprint density at radius 3 is 2.83 bits per heavy atom. The third-order valence-electron chi connectivity index (χ3n) is 3.29. The summed E-state index contributed by atoms with van der Waals surface area (Å²) in [7, 11) is 1.69. The van der Waals surface area contributed by atoms with Crippen molar-refractivity contribution in [3.05, 3.63) is 23.8 Å². The number of benzene rings is 1. The number of hydrogen-bond acceptors (Lipinski definition) is 4. The maximum Gasteiger partial charge on any atom is 0.124 e. The molecule has 18 heavy (non-hydrogen) atoms. The van der Waals surface area contributed by atoms with E-state index in [0.29, 0.717) is 11.4 Å². The van der Waals surface area contributed by atoms with Crippen LogP contribution in [0.25, 0.3) is 0 Å². The zero-order chi connectivity index (χ0) is 13.1. The molecule has 1 fully saturated rings. The topological polar surface area (TPSA) is 44.5 Å². The number of rotatable bonds is 4. The van der Waals surface area contributed by atoms with Crippen LogP contribution in [0, 0.1) is 0 Å². The average molecular weight is 267 g/mol. The Balaban J connectivity index is 2.26. The van der Waals surface area contributed by atoms with Gasteiger partial charge in [-0.15, -0.1) is 11.8 Å². The van der Waals surface area contributed by atoms with E-state index in [4.69, 9.17) is 15.2 Å². The van der Waals surface area contributed by atoms with E-state index in [-0.39, 0.29) is 6.04 Å². The molecule has 3 atom stereocenters. The van der Waals surface area contributed by atoms with Crippen molar-refractivity contribution in [2.45, 2.75) is 42.6 Å². The smallest absolute Gasteiger partial charge is 0.124 e. The van der Waals surface area contributed by atoms with Gasteiger partial charge in [0, 0.05) is 28.4 Å². The lowest BCUT2D eigenvalue weighted by Gasteiger charge is -2.20. The monoisotopic (exact) mass is 267 g/mol. The SMILES string of the molecule is COc1cccc(SC2CCOC2C)c1[C@H](C)N. The summed E-state index contributed by atoms with van der Waals surface area (Å²) in [5.41, 5.74) is 7.18. The van der Waals surface area contributed by atoms with E-state index in [1.165, 1.54) is 4.90 Å². The van der Waals surface area contributed by atoms with Gasteiger partial charge < -0.3 is 15.2 Å². The van der Waals surface area contributed by atoms with Crippen LogP contribution in [0.15, 0.2) is 23.1 Å². The van der Waals surface area contributed by atoms with Crippen LogP contribution in [0.4, 0.5) is 0 Å². The number of ether oxygens (including phenoxy) is 2. The Morgan fingerprint density at radius 2 is 2.28 bits per heavy atom. The molecule has 0 spiro atoms. The standard InChI is InChI=1S/C14H21NO2S/c1-9(15)14-11(16-3)5-4-6-13(14)18-12-7-8-17-10(12)2/h4-6,9-10,12H,7-8,15H2,1-3H3/t9-,10?,12?/m0/s1. The molecule has 1 heterocycles. The van der Waals surface area contributed by atoms with E-state index in [0.717, 1.165) is 24.3 Å². The molecular formula is C14H21NO2S. The predicted octanol–water partition coefficient (Wildman–Crippen LogP) is 2.98. The summed E-state index contributed by atoms with van der Waals surface area (Å²) in [5.74, 6) is 0.876. The Morgan fingerprint density at radius 1 is 1.50 bits per heavy atom. The summed E-state index contributed by atoms with van der Waals surface area (Å²) in [6.07, 6.45) is 1.41. The molecular weight excluding hydrogens is 246 g/mol. The summed E-state index contributed by atoms with van der Waals surface area (Å²) in [4.78, 5) is 1.21. The van der Waals surface area contributed by atoms with Crippen molar-refractivity contribution in [3.8, 4) is 5.75 Å². The molecule has 0 radical (unpaired) electrons.